The summed E-state index contributed by atoms with van der Waals surface area (Å²) in [6.45, 7) is 7.88. The summed E-state index contributed by atoms with van der Waals surface area (Å²) in [6, 6.07) is 31.8. The van der Waals surface area contributed by atoms with Crippen molar-refractivity contribution in [2.24, 2.45) is 0 Å². The Labute approximate surface area is 335 Å². The zero-order valence-electron chi connectivity index (χ0n) is 32.7. The summed E-state index contributed by atoms with van der Waals surface area (Å²) in [6.07, 6.45) is 5.84. The topological polar surface area (TPSA) is 112 Å². The molecule has 3 fully saturated rings. The van der Waals surface area contributed by atoms with Crippen molar-refractivity contribution in [3.05, 3.63) is 125 Å². The summed E-state index contributed by atoms with van der Waals surface area (Å²) in [4.78, 5) is 43.6. The van der Waals surface area contributed by atoms with Gasteiger partial charge in [0, 0.05) is 56.9 Å². The number of ether oxygens (including phenoxy) is 2. The van der Waals surface area contributed by atoms with Gasteiger partial charge in [0.25, 0.3) is 5.91 Å². The predicted octanol–water partition coefficient (Wildman–Crippen LogP) is 7.05. The first-order valence-electron chi connectivity index (χ1n) is 20.5. The number of benzene rings is 4. The van der Waals surface area contributed by atoms with Gasteiger partial charge in [0.1, 0.15) is 17.5 Å². The minimum atomic E-state index is -0.597. The second-order valence-corrected chi connectivity index (χ2v) is 15.6. The van der Waals surface area contributed by atoms with Gasteiger partial charge in [-0.25, -0.2) is 0 Å². The van der Waals surface area contributed by atoms with E-state index in [1.807, 2.05) is 30.3 Å². The Kier molecular flexibility index (Phi) is 11.7. The number of hydrogen-bond acceptors (Lipinski definition) is 8. The maximum Gasteiger partial charge on any atom is 0.255 e. The van der Waals surface area contributed by atoms with E-state index in [9.17, 15) is 19.5 Å². The first kappa shape index (κ1) is 38.4. The summed E-state index contributed by atoms with van der Waals surface area (Å²) in [7, 11) is 0. The number of aromatic hydroxyl groups is 1. The van der Waals surface area contributed by atoms with Crippen molar-refractivity contribution >= 4 is 34.6 Å². The van der Waals surface area contributed by atoms with Crippen LogP contribution in [0.4, 0.5) is 5.69 Å². The van der Waals surface area contributed by atoms with Crippen LogP contribution in [-0.2, 0) is 20.9 Å². The standard InChI is InChI=1S/C47H52N4O6/c1-2-41(32-6-4-3-5-7-32)45(33-8-13-37(52)14-9-33)34-10-15-39(16-11-34)57-40-19-17-38(18-20-40)56-29-28-49-24-26-50(27-25-49)36-12-21-42-35(30-36)31-51(47(42)55)43-22-23-44(53)48-46(43)54/h3-16,21,30,38,40,43,52H,2,17-20,22-29,31H2,1H3,(H,48,53,54). The van der Waals surface area contributed by atoms with Gasteiger partial charge in [0.05, 0.1) is 18.8 Å². The lowest BCUT2D eigenvalue weighted by molar-refractivity contribution is -0.136. The number of imide groups is 1. The van der Waals surface area contributed by atoms with E-state index in [1.54, 1.807) is 17.0 Å². The van der Waals surface area contributed by atoms with Crippen molar-refractivity contribution in [3.63, 3.8) is 0 Å². The number of anilines is 1. The molecule has 4 aromatic rings. The molecule has 1 saturated carbocycles. The molecule has 0 radical (unpaired) electrons. The van der Waals surface area contributed by atoms with Gasteiger partial charge >= 0.3 is 0 Å². The number of allylic oxidation sites excluding steroid dienone is 1. The van der Waals surface area contributed by atoms with E-state index in [1.165, 1.54) is 11.1 Å². The van der Waals surface area contributed by atoms with Gasteiger partial charge < -0.3 is 24.4 Å². The third-order valence-electron chi connectivity index (χ3n) is 12.0. The summed E-state index contributed by atoms with van der Waals surface area (Å²) in [5, 5.41) is 12.3. The van der Waals surface area contributed by atoms with E-state index < -0.39 is 6.04 Å². The molecule has 1 atom stereocenters. The molecule has 4 aromatic carbocycles. The van der Waals surface area contributed by atoms with Crippen LogP contribution >= 0.6 is 0 Å². The van der Waals surface area contributed by atoms with Gasteiger partial charge in [-0.05, 0) is 114 Å². The minimum absolute atomic E-state index is 0.137. The van der Waals surface area contributed by atoms with Crippen LogP contribution < -0.4 is 15.0 Å². The smallest absolute Gasteiger partial charge is 0.255 e. The van der Waals surface area contributed by atoms with Crippen molar-refractivity contribution in [2.75, 3.05) is 44.2 Å². The number of phenolic OH excluding ortho intramolecular Hbond substituents is 1. The van der Waals surface area contributed by atoms with Crippen LogP contribution in [0.2, 0.25) is 0 Å². The first-order valence-corrected chi connectivity index (χ1v) is 20.5. The zero-order valence-corrected chi connectivity index (χ0v) is 32.7. The maximum atomic E-state index is 13.1. The molecule has 3 aliphatic heterocycles. The average Bonchev–Trinajstić information content (AvgIpc) is 3.56. The summed E-state index contributed by atoms with van der Waals surface area (Å²) < 4.78 is 12.9. The van der Waals surface area contributed by atoms with Crippen molar-refractivity contribution in [1.82, 2.24) is 15.1 Å². The summed E-state index contributed by atoms with van der Waals surface area (Å²) in [5.41, 5.74) is 8.49. The normalized spacial score (nSPS) is 21.9. The zero-order chi connectivity index (χ0) is 39.3. The van der Waals surface area contributed by atoms with Gasteiger partial charge in [-0.3, -0.25) is 24.6 Å². The lowest BCUT2D eigenvalue weighted by Crippen LogP contribution is -2.52. The van der Waals surface area contributed by atoms with E-state index in [0.717, 1.165) is 98.5 Å². The molecular weight excluding hydrogens is 717 g/mol. The largest absolute Gasteiger partial charge is 0.508 e. The van der Waals surface area contributed by atoms with Crippen molar-refractivity contribution in [1.29, 1.82) is 0 Å². The SMILES string of the molecule is CCC(=C(c1ccc(O)cc1)c1ccc(OC2CCC(OCCN3CCN(c4ccc5c(c4)CN(C4CCC(=O)NC4=O)C5=O)CC3)CC2)cc1)c1ccccc1. The number of nitrogens with one attached hydrogen (secondary N) is 1. The first-order chi connectivity index (χ1) is 27.8. The summed E-state index contributed by atoms with van der Waals surface area (Å²) >= 11 is 0. The number of piperidine rings is 1. The second kappa shape index (κ2) is 17.4. The minimum Gasteiger partial charge on any atom is -0.508 e. The Bertz CT molecular complexity index is 2080. The van der Waals surface area contributed by atoms with Crippen LogP contribution in [0, 0.1) is 0 Å². The van der Waals surface area contributed by atoms with Crippen LogP contribution in [0.25, 0.3) is 11.1 Å². The van der Waals surface area contributed by atoms with Gasteiger partial charge in [0.2, 0.25) is 11.8 Å². The Balaban J connectivity index is 0.779. The number of rotatable bonds is 12. The van der Waals surface area contributed by atoms with E-state index in [2.05, 4.69) is 76.6 Å². The van der Waals surface area contributed by atoms with Gasteiger partial charge in [-0.15, -0.1) is 0 Å². The van der Waals surface area contributed by atoms with E-state index in [0.29, 0.717) is 25.1 Å². The van der Waals surface area contributed by atoms with Crippen LogP contribution in [0.1, 0.15) is 84.5 Å². The lowest BCUT2D eigenvalue weighted by atomic mass is 9.88. The number of nitrogens with zero attached hydrogens (tertiary/aromatic N) is 3. The Morgan fingerprint density at radius 2 is 1.46 bits per heavy atom. The highest BCUT2D eigenvalue weighted by molar-refractivity contribution is 6.05. The number of piperazine rings is 1. The molecule has 1 aliphatic carbocycles. The fourth-order valence-electron chi connectivity index (χ4n) is 8.85. The molecule has 3 heterocycles. The molecule has 296 valence electrons. The fourth-order valence-corrected chi connectivity index (χ4v) is 8.85. The number of amides is 3. The fraction of sp³-hybridized carbons (Fsp3) is 0.383. The highest BCUT2D eigenvalue weighted by atomic mass is 16.5. The third-order valence-corrected chi connectivity index (χ3v) is 12.0. The third kappa shape index (κ3) is 8.77. The molecule has 0 aromatic heterocycles. The molecule has 3 amide bonds. The molecule has 2 saturated heterocycles. The van der Waals surface area contributed by atoms with Crippen molar-refractivity contribution < 1.29 is 29.0 Å². The van der Waals surface area contributed by atoms with E-state index >= 15 is 0 Å². The maximum absolute atomic E-state index is 13.1. The molecule has 0 spiro atoms. The molecular formula is C47H52N4O6. The second-order valence-electron chi connectivity index (χ2n) is 15.6. The monoisotopic (exact) mass is 768 g/mol. The van der Waals surface area contributed by atoms with E-state index in [-0.39, 0.29) is 42.1 Å². The van der Waals surface area contributed by atoms with Gasteiger partial charge in [0.15, 0.2) is 0 Å². The Morgan fingerprint density at radius 3 is 2.14 bits per heavy atom. The molecule has 10 nitrogen and oxygen atoms in total. The van der Waals surface area contributed by atoms with Crippen LogP contribution in [0.15, 0.2) is 97.1 Å². The highest BCUT2D eigenvalue weighted by Crippen LogP contribution is 2.36. The molecule has 10 heteroatoms. The molecule has 2 N–H and O–H groups in total. The molecule has 57 heavy (non-hydrogen) atoms. The Hall–Kier alpha value is -5.45. The Morgan fingerprint density at radius 1 is 0.772 bits per heavy atom. The highest BCUT2D eigenvalue weighted by Gasteiger charge is 2.39. The predicted molar refractivity (Wildman–Crippen MR) is 221 cm³/mol. The average molecular weight is 769 g/mol. The van der Waals surface area contributed by atoms with Crippen molar-refractivity contribution in [3.8, 4) is 11.5 Å². The lowest BCUT2D eigenvalue weighted by Gasteiger charge is -2.36. The van der Waals surface area contributed by atoms with Crippen LogP contribution in [0.5, 0.6) is 11.5 Å². The molecule has 1 unspecified atom stereocenters. The number of carbonyl (C=O) groups is 3. The van der Waals surface area contributed by atoms with Gasteiger partial charge in [-0.1, -0.05) is 61.5 Å². The number of phenols is 1. The van der Waals surface area contributed by atoms with E-state index in [4.69, 9.17) is 9.47 Å². The van der Waals surface area contributed by atoms with Crippen LogP contribution in [0.3, 0.4) is 0 Å². The van der Waals surface area contributed by atoms with Gasteiger partial charge in [-0.2, -0.15) is 0 Å². The number of hydrogen-bond donors (Lipinski definition) is 2. The molecule has 8 rings (SSSR count). The summed E-state index contributed by atoms with van der Waals surface area (Å²) in [5.74, 6) is 0.344. The quantitative estimate of drug-likeness (QED) is 0.117. The van der Waals surface area contributed by atoms with Crippen LogP contribution in [-0.4, -0.2) is 90.2 Å². The number of carbonyl (C=O) groups excluding carboxylic acids is 3. The molecule has 4 aliphatic rings. The molecule has 0 bridgehead atoms. The van der Waals surface area contributed by atoms with Crippen molar-refractivity contribution in [2.45, 2.75) is 76.7 Å². The number of fused-ring (bicyclic) bond motifs is 1.